The van der Waals surface area contributed by atoms with E-state index in [0.717, 1.165) is 12.4 Å². The first-order valence-corrected chi connectivity index (χ1v) is 11.2. The summed E-state index contributed by atoms with van der Waals surface area (Å²) in [5, 5.41) is 3.14. The standard InChI is InChI=1S/C19H22F4N6O2S/c1-19(2,3)14(9-32(30,31)27-8-15(22)23)28-18-13(21)7-26-17(29-18)12-6-25-16-11(12)4-10(20)5-24-16/h4-7,14-15,27H,8-9H2,1-3H3,(H,24,25)(H,26,28,29). The summed E-state index contributed by atoms with van der Waals surface area (Å²) in [4.78, 5) is 14.9. The van der Waals surface area contributed by atoms with E-state index < -0.39 is 51.8 Å². The van der Waals surface area contributed by atoms with Crippen LogP contribution in [0.15, 0.2) is 24.7 Å². The molecule has 0 saturated heterocycles. The van der Waals surface area contributed by atoms with E-state index in [9.17, 15) is 26.0 Å². The number of anilines is 1. The summed E-state index contributed by atoms with van der Waals surface area (Å²) in [6, 6.07) is 0.338. The smallest absolute Gasteiger partial charge is 0.251 e. The van der Waals surface area contributed by atoms with Crippen LogP contribution in [-0.2, 0) is 10.0 Å². The summed E-state index contributed by atoms with van der Waals surface area (Å²) in [5.41, 5.74) is 0.0338. The van der Waals surface area contributed by atoms with E-state index >= 15 is 0 Å². The van der Waals surface area contributed by atoms with Crippen LogP contribution in [0.2, 0.25) is 0 Å². The van der Waals surface area contributed by atoms with Crippen LogP contribution in [0.1, 0.15) is 20.8 Å². The molecule has 174 valence electrons. The van der Waals surface area contributed by atoms with Crippen LogP contribution >= 0.6 is 0 Å². The minimum Gasteiger partial charge on any atom is -0.363 e. The van der Waals surface area contributed by atoms with Gasteiger partial charge in [0.1, 0.15) is 11.5 Å². The molecule has 0 spiro atoms. The van der Waals surface area contributed by atoms with E-state index in [1.165, 1.54) is 12.3 Å². The van der Waals surface area contributed by atoms with Gasteiger partial charge in [0.25, 0.3) is 6.43 Å². The highest BCUT2D eigenvalue weighted by Gasteiger charge is 2.31. The molecule has 8 nitrogen and oxygen atoms in total. The van der Waals surface area contributed by atoms with Gasteiger partial charge in [0.05, 0.1) is 24.7 Å². The third kappa shape index (κ3) is 5.71. The SMILES string of the molecule is CC(C)(C)C(CS(=O)(=O)NCC(F)F)Nc1nc(-c2c[nH]c3ncc(F)cc23)ncc1F. The highest BCUT2D eigenvalue weighted by Crippen LogP contribution is 2.29. The number of halogens is 4. The minimum absolute atomic E-state index is 0.0545. The molecular weight excluding hydrogens is 452 g/mol. The van der Waals surface area contributed by atoms with Gasteiger partial charge in [-0.25, -0.2) is 45.7 Å². The van der Waals surface area contributed by atoms with Gasteiger partial charge in [0, 0.05) is 23.2 Å². The second kappa shape index (κ2) is 8.98. The first-order chi connectivity index (χ1) is 14.9. The molecule has 13 heteroatoms. The lowest BCUT2D eigenvalue weighted by Crippen LogP contribution is -2.44. The fraction of sp³-hybridized carbons (Fsp3) is 0.421. The summed E-state index contributed by atoms with van der Waals surface area (Å²) < 4.78 is 79.3. The Labute approximate surface area is 181 Å². The van der Waals surface area contributed by atoms with Crippen LogP contribution in [0.4, 0.5) is 23.4 Å². The Balaban J connectivity index is 1.93. The highest BCUT2D eigenvalue weighted by atomic mass is 32.2. The monoisotopic (exact) mass is 474 g/mol. The largest absolute Gasteiger partial charge is 0.363 e. The molecule has 3 aromatic rings. The number of nitrogens with zero attached hydrogens (tertiary/aromatic N) is 3. The van der Waals surface area contributed by atoms with Crippen LogP contribution in [0, 0.1) is 17.0 Å². The van der Waals surface area contributed by atoms with Crippen molar-refractivity contribution >= 4 is 26.9 Å². The molecule has 32 heavy (non-hydrogen) atoms. The molecule has 0 saturated carbocycles. The zero-order valence-electron chi connectivity index (χ0n) is 17.5. The van der Waals surface area contributed by atoms with Crippen LogP contribution < -0.4 is 10.0 Å². The lowest BCUT2D eigenvalue weighted by Gasteiger charge is -2.31. The molecule has 0 bridgehead atoms. The van der Waals surface area contributed by atoms with Gasteiger partial charge in [-0.05, 0) is 11.5 Å². The molecule has 0 aliphatic carbocycles. The number of sulfonamides is 1. The predicted octanol–water partition coefficient (Wildman–Crippen LogP) is 3.31. The van der Waals surface area contributed by atoms with E-state index in [4.69, 9.17) is 0 Å². The number of rotatable bonds is 8. The van der Waals surface area contributed by atoms with Crippen LogP contribution in [-0.4, -0.2) is 53.1 Å². The second-order valence-electron chi connectivity index (χ2n) is 8.23. The number of hydrogen-bond acceptors (Lipinski definition) is 6. The van der Waals surface area contributed by atoms with Crippen molar-refractivity contribution < 1.29 is 26.0 Å². The van der Waals surface area contributed by atoms with E-state index in [1.54, 1.807) is 20.8 Å². The van der Waals surface area contributed by atoms with Crippen molar-refractivity contribution in [3.63, 3.8) is 0 Å². The molecule has 3 heterocycles. The third-order valence-corrected chi connectivity index (χ3v) is 6.06. The third-order valence-electron chi connectivity index (χ3n) is 4.68. The van der Waals surface area contributed by atoms with Gasteiger partial charge < -0.3 is 10.3 Å². The topological polar surface area (TPSA) is 113 Å². The van der Waals surface area contributed by atoms with Crippen molar-refractivity contribution in [2.24, 2.45) is 5.41 Å². The molecule has 3 aromatic heterocycles. The van der Waals surface area contributed by atoms with Crippen LogP contribution in [0.3, 0.4) is 0 Å². The van der Waals surface area contributed by atoms with Crippen molar-refractivity contribution in [2.75, 3.05) is 17.6 Å². The van der Waals surface area contributed by atoms with E-state index in [1.807, 2.05) is 4.72 Å². The fourth-order valence-corrected chi connectivity index (χ4v) is 4.42. The summed E-state index contributed by atoms with van der Waals surface area (Å²) in [5.74, 6) is -2.24. The summed E-state index contributed by atoms with van der Waals surface area (Å²) >= 11 is 0. The lowest BCUT2D eigenvalue weighted by atomic mass is 9.88. The Kier molecular flexibility index (Phi) is 6.69. The highest BCUT2D eigenvalue weighted by molar-refractivity contribution is 7.89. The zero-order chi connectivity index (χ0) is 23.7. The number of fused-ring (bicyclic) bond motifs is 1. The van der Waals surface area contributed by atoms with Gasteiger partial charge in [-0.15, -0.1) is 0 Å². The average molecular weight is 474 g/mol. The molecule has 0 amide bonds. The van der Waals surface area contributed by atoms with Crippen molar-refractivity contribution in [2.45, 2.75) is 33.2 Å². The Morgan fingerprint density at radius 1 is 1.16 bits per heavy atom. The molecule has 0 aromatic carbocycles. The van der Waals surface area contributed by atoms with Crippen molar-refractivity contribution in [1.29, 1.82) is 0 Å². The number of pyridine rings is 1. The summed E-state index contributed by atoms with van der Waals surface area (Å²) in [6.45, 7) is 4.11. The number of aromatic nitrogens is 4. The van der Waals surface area contributed by atoms with Gasteiger partial charge in [-0.3, -0.25) is 0 Å². The summed E-state index contributed by atoms with van der Waals surface area (Å²) in [6.07, 6.45) is 0.591. The van der Waals surface area contributed by atoms with E-state index in [2.05, 4.69) is 25.3 Å². The predicted molar refractivity (Wildman–Crippen MR) is 112 cm³/mol. The molecule has 0 radical (unpaired) electrons. The van der Waals surface area contributed by atoms with Gasteiger partial charge in [-0.2, -0.15) is 0 Å². The lowest BCUT2D eigenvalue weighted by molar-refractivity contribution is 0.153. The molecule has 0 aliphatic rings. The summed E-state index contributed by atoms with van der Waals surface area (Å²) in [7, 11) is -4.09. The van der Waals surface area contributed by atoms with Crippen LogP contribution in [0.25, 0.3) is 22.4 Å². The Morgan fingerprint density at radius 3 is 2.53 bits per heavy atom. The molecule has 0 fully saturated rings. The Hall–Kier alpha value is -2.80. The van der Waals surface area contributed by atoms with Crippen molar-refractivity contribution in [3.05, 3.63) is 36.3 Å². The second-order valence-corrected chi connectivity index (χ2v) is 10.1. The molecule has 3 N–H and O–H groups in total. The maximum Gasteiger partial charge on any atom is 0.251 e. The number of hydrogen-bond donors (Lipinski definition) is 3. The Morgan fingerprint density at radius 2 is 1.88 bits per heavy atom. The molecule has 3 rings (SSSR count). The van der Waals surface area contributed by atoms with Gasteiger partial charge >= 0.3 is 0 Å². The van der Waals surface area contributed by atoms with E-state index in [0.29, 0.717) is 16.6 Å². The molecule has 1 unspecified atom stereocenters. The maximum atomic E-state index is 14.5. The van der Waals surface area contributed by atoms with Crippen molar-refractivity contribution in [3.8, 4) is 11.4 Å². The number of alkyl halides is 2. The number of aromatic amines is 1. The Bertz CT molecular complexity index is 1210. The fourth-order valence-electron chi connectivity index (χ4n) is 2.90. The van der Waals surface area contributed by atoms with E-state index in [-0.39, 0.29) is 11.6 Å². The molecular formula is C19H22F4N6O2S. The minimum atomic E-state index is -4.09. The first kappa shape index (κ1) is 23.9. The first-order valence-electron chi connectivity index (χ1n) is 9.53. The van der Waals surface area contributed by atoms with Crippen molar-refractivity contribution in [1.82, 2.24) is 24.7 Å². The van der Waals surface area contributed by atoms with Gasteiger partial charge in [-0.1, -0.05) is 20.8 Å². The quantitative estimate of drug-likeness (QED) is 0.432. The molecule has 0 aliphatic heterocycles. The van der Waals surface area contributed by atoms with Crippen LogP contribution in [0.5, 0.6) is 0 Å². The average Bonchev–Trinajstić information content (AvgIpc) is 3.10. The number of nitrogens with one attached hydrogen (secondary N) is 3. The van der Waals surface area contributed by atoms with Gasteiger partial charge in [0.15, 0.2) is 17.5 Å². The number of H-pyrrole nitrogens is 1. The maximum absolute atomic E-state index is 14.5. The van der Waals surface area contributed by atoms with Gasteiger partial charge in [0.2, 0.25) is 10.0 Å². The normalized spacial score (nSPS) is 13.6. The molecule has 1 atom stereocenters. The zero-order valence-corrected chi connectivity index (χ0v) is 18.3.